The van der Waals surface area contributed by atoms with E-state index in [1.54, 1.807) is 17.9 Å². The number of nitrogen functional groups attached to an aromatic ring is 1. The quantitative estimate of drug-likeness (QED) is 0.672. The van der Waals surface area contributed by atoms with E-state index in [1.165, 1.54) is 10.7 Å². The minimum absolute atomic E-state index is 0.00168. The second-order valence-electron chi connectivity index (χ2n) is 6.70. The first-order valence-corrected chi connectivity index (χ1v) is 9.06. The SMILES string of the molecule is CCOC(=O)c1c(N)nn2ccc(N3C[C@H](F)CC3c3cc(F)ccc3F)nc12. The number of ether oxygens (including phenoxy) is 1. The fraction of sp³-hybridized carbons (Fsp3) is 0.316. The van der Waals surface area contributed by atoms with Gasteiger partial charge in [-0.25, -0.2) is 27.5 Å². The van der Waals surface area contributed by atoms with Crippen LogP contribution in [0.2, 0.25) is 0 Å². The molecule has 1 saturated heterocycles. The summed E-state index contributed by atoms with van der Waals surface area (Å²) in [5.41, 5.74) is 6.01. The molecule has 1 fully saturated rings. The fourth-order valence-electron chi connectivity index (χ4n) is 3.60. The van der Waals surface area contributed by atoms with E-state index < -0.39 is 29.8 Å². The summed E-state index contributed by atoms with van der Waals surface area (Å²) in [6.07, 6.45) is 0.251. The van der Waals surface area contributed by atoms with Crippen molar-refractivity contribution in [2.75, 3.05) is 23.8 Å². The summed E-state index contributed by atoms with van der Waals surface area (Å²) < 4.78 is 48.6. The first kappa shape index (κ1) is 19.0. The summed E-state index contributed by atoms with van der Waals surface area (Å²) in [7, 11) is 0. The van der Waals surface area contributed by atoms with Crippen molar-refractivity contribution in [3.63, 3.8) is 0 Å². The van der Waals surface area contributed by atoms with Crippen LogP contribution in [0.1, 0.15) is 35.3 Å². The van der Waals surface area contributed by atoms with Crippen LogP contribution in [-0.2, 0) is 4.74 Å². The van der Waals surface area contributed by atoms with Gasteiger partial charge in [-0.05, 0) is 31.2 Å². The van der Waals surface area contributed by atoms with Crippen LogP contribution >= 0.6 is 0 Å². The largest absolute Gasteiger partial charge is 0.462 e. The van der Waals surface area contributed by atoms with Crippen LogP contribution in [-0.4, -0.2) is 39.9 Å². The van der Waals surface area contributed by atoms with Gasteiger partial charge in [0.25, 0.3) is 0 Å². The lowest BCUT2D eigenvalue weighted by molar-refractivity contribution is 0.0529. The van der Waals surface area contributed by atoms with Gasteiger partial charge in [0.05, 0.1) is 19.2 Å². The van der Waals surface area contributed by atoms with Crippen molar-refractivity contribution < 1.29 is 22.7 Å². The highest BCUT2D eigenvalue weighted by molar-refractivity contribution is 6.00. The summed E-state index contributed by atoms with van der Waals surface area (Å²) >= 11 is 0. The third-order valence-corrected chi connectivity index (χ3v) is 4.84. The van der Waals surface area contributed by atoms with E-state index in [4.69, 9.17) is 10.5 Å². The van der Waals surface area contributed by atoms with E-state index in [0.29, 0.717) is 0 Å². The highest BCUT2D eigenvalue weighted by Crippen LogP contribution is 2.38. The number of alkyl halides is 1. The smallest absolute Gasteiger partial charge is 0.345 e. The molecule has 0 amide bonds. The zero-order chi connectivity index (χ0) is 20.7. The maximum absolute atomic E-state index is 14.3. The number of hydrogen-bond acceptors (Lipinski definition) is 6. The number of halogens is 3. The number of carbonyl (C=O) groups is 1. The highest BCUT2D eigenvalue weighted by Gasteiger charge is 2.36. The molecule has 4 rings (SSSR count). The average molecular weight is 405 g/mol. The summed E-state index contributed by atoms with van der Waals surface area (Å²) in [5.74, 6) is -1.68. The van der Waals surface area contributed by atoms with Crippen molar-refractivity contribution >= 4 is 23.3 Å². The van der Waals surface area contributed by atoms with E-state index >= 15 is 0 Å². The third kappa shape index (κ3) is 3.34. The number of nitrogens with two attached hydrogens (primary N) is 1. The lowest BCUT2D eigenvalue weighted by Gasteiger charge is -2.26. The molecule has 2 atom stereocenters. The Morgan fingerprint density at radius 2 is 2.14 bits per heavy atom. The van der Waals surface area contributed by atoms with Crippen molar-refractivity contribution in [1.82, 2.24) is 14.6 Å². The Labute approximate surface area is 163 Å². The van der Waals surface area contributed by atoms with Gasteiger partial charge in [0.1, 0.15) is 29.2 Å². The number of aromatic nitrogens is 3. The van der Waals surface area contributed by atoms with Crippen molar-refractivity contribution in [1.29, 1.82) is 0 Å². The number of hydrogen-bond donors (Lipinski definition) is 1. The molecule has 1 unspecified atom stereocenters. The molecule has 7 nitrogen and oxygen atoms in total. The maximum Gasteiger partial charge on any atom is 0.345 e. The van der Waals surface area contributed by atoms with E-state index in [0.717, 1.165) is 18.2 Å². The van der Waals surface area contributed by atoms with E-state index in [9.17, 15) is 18.0 Å². The minimum atomic E-state index is -1.25. The number of nitrogens with zero attached hydrogens (tertiary/aromatic N) is 4. The summed E-state index contributed by atoms with van der Waals surface area (Å²) in [4.78, 5) is 18.2. The Hall–Kier alpha value is -3.30. The van der Waals surface area contributed by atoms with Crippen LogP contribution < -0.4 is 10.6 Å². The van der Waals surface area contributed by atoms with Gasteiger partial charge in [-0.3, -0.25) is 0 Å². The maximum atomic E-state index is 14.3. The molecular formula is C19H18F3N5O2. The lowest BCUT2D eigenvalue weighted by Crippen LogP contribution is -2.25. The molecule has 0 spiro atoms. The van der Waals surface area contributed by atoms with Crippen LogP contribution in [0.4, 0.5) is 24.8 Å². The van der Waals surface area contributed by atoms with Crippen molar-refractivity contribution in [2.24, 2.45) is 0 Å². The predicted molar refractivity (Wildman–Crippen MR) is 99.3 cm³/mol. The number of anilines is 2. The second-order valence-corrected chi connectivity index (χ2v) is 6.70. The number of fused-ring (bicyclic) bond motifs is 1. The zero-order valence-corrected chi connectivity index (χ0v) is 15.5. The predicted octanol–water partition coefficient (Wildman–Crippen LogP) is 3.06. The van der Waals surface area contributed by atoms with Gasteiger partial charge in [-0.1, -0.05) is 0 Å². The first-order chi connectivity index (χ1) is 13.9. The number of rotatable bonds is 4. The Kier molecular flexibility index (Phi) is 4.77. The van der Waals surface area contributed by atoms with Crippen molar-refractivity contribution in [3.8, 4) is 0 Å². The molecule has 10 heteroatoms. The van der Waals surface area contributed by atoms with Crippen molar-refractivity contribution in [3.05, 3.63) is 53.2 Å². The molecule has 152 valence electrons. The molecule has 1 aliphatic heterocycles. The third-order valence-electron chi connectivity index (χ3n) is 4.84. The first-order valence-electron chi connectivity index (χ1n) is 9.06. The monoisotopic (exact) mass is 405 g/mol. The van der Waals surface area contributed by atoms with Crippen LogP contribution in [0.15, 0.2) is 30.5 Å². The van der Waals surface area contributed by atoms with Gasteiger partial charge >= 0.3 is 5.97 Å². The molecule has 2 aromatic heterocycles. The van der Waals surface area contributed by atoms with Crippen LogP contribution in [0, 0.1) is 11.6 Å². The Morgan fingerprint density at radius 3 is 2.90 bits per heavy atom. The molecule has 1 aliphatic rings. The topological polar surface area (TPSA) is 85.8 Å². The fourth-order valence-corrected chi connectivity index (χ4v) is 3.60. The van der Waals surface area contributed by atoms with E-state index in [1.807, 2.05) is 0 Å². The normalized spacial score (nSPS) is 19.1. The molecule has 3 aromatic rings. The van der Waals surface area contributed by atoms with Crippen LogP contribution in [0.5, 0.6) is 0 Å². The summed E-state index contributed by atoms with van der Waals surface area (Å²) in [5, 5.41) is 4.03. The van der Waals surface area contributed by atoms with Gasteiger partial charge in [-0.15, -0.1) is 5.10 Å². The second kappa shape index (κ2) is 7.26. The molecule has 2 N–H and O–H groups in total. The Morgan fingerprint density at radius 1 is 1.34 bits per heavy atom. The van der Waals surface area contributed by atoms with Gasteiger partial charge in [0.2, 0.25) is 0 Å². The Balaban J connectivity index is 1.79. The number of esters is 1. The van der Waals surface area contributed by atoms with Crippen LogP contribution in [0.3, 0.4) is 0 Å². The van der Waals surface area contributed by atoms with E-state index in [2.05, 4.69) is 10.1 Å². The van der Waals surface area contributed by atoms with Crippen molar-refractivity contribution in [2.45, 2.75) is 25.6 Å². The molecule has 3 heterocycles. The van der Waals surface area contributed by atoms with Gasteiger partial charge in [0.15, 0.2) is 11.5 Å². The molecule has 0 bridgehead atoms. The number of carbonyl (C=O) groups excluding carboxylic acids is 1. The summed E-state index contributed by atoms with van der Waals surface area (Å²) in [6.45, 7) is 1.75. The highest BCUT2D eigenvalue weighted by atomic mass is 19.1. The average Bonchev–Trinajstić information content (AvgIpc) is 3.22. The number of benzene rings is 1. The van der Waals surface area contributed by atoms with E-state index in [-0.39, 0.29) is 48.0 Å². The molecule has 0 saturated carbocycles. The minimum Gasteiger partial charge on any atom is -0.462 e. The molecule has 29 heavy (non-hydrogen) atoms. The Bertz CT molecular complexity index is 1090. The summed E-state index contributed by atoms with van der Waals surface area (Å²) in [6, 6.07) is 3.89. The standard InChI is InChI=1S/C19H18F3N5O2/c1-2-29-19(28)16-17(23)25-27-6-5-15(24-18(16)27)26-9-11(21)8-14(26)12-7-10(20)3-4-13(12)22/h3-7,11,14H,2,8-9H2,1H3,(H2,23,25)/t11-,14?/m1/s1. The zero-order valence-electron chi connectivity index (χ0n) is 15.5. The molecule has 1 aromatic carbocycles. The lowest BCUT2D eigenvalue weighted by atomic mass is 10.0. The molecule has 0 radical (unpaired) electrons. The molecular weight excluding hydrogens is 387 g/mol. The van der Waals surface area contributed by atoms with Crippen LogP contribution in [0.25, 0.3) is 5.65 Å². The van der Waals surface area contributed by atoms with Gasteiger partial charge in [-0.2, -0.15) is 0 Å². The van der Waals surface area contributed by atoms with Gasteiger partial charge < -0.3 is 15.4 Å². The van der Waals surface area contributed by atoms with Gasteiger partial charge in [0, 0.05) is 18.2 Å². The molecule has 0 aliphatic carbocycles.